The molecule has 3 fully saturated rings. The summed E-state index contributed by atoms with van der Waals surface area (Å²) < 4.78 is 44.0. The standard InChI is InChI=1S/C35H64N4O21/c1-17(42)18(4-2-3-7-36)38-39-23(44)6-10-54-13-12-53-9-5-22(43)37-8-11-55-34-31(52)32(60-35-30(51)28(49)25(46)20(15-41)58-35)26(47)21(59-34)16-56-33-29(50)27(48)24(45)19(14-40)57-33/h18-21,24-35,38,40-41,45-52H,2-16,36H2,1H3,(H,37,43)(H,39,44)/t18-,19+,20+,21+,24+,25+,26+,27-,28-,29-,30-,31-,32-,33-,34-,35+/m0/s1. The van der Waals surface area contributed by atoms with E-state index in [1.54, 1.807) is 0 Å². The first-order chi connectivity index (χ1) is 28.6. The molecule has 3 heterocycles. The zero-order chi connectivity index (χ0) is 44.4. The van der Waals surface area contributed by atoms with Crippen LogP contribution in [-0.2, 0) is 52.3 Å². The van der Waals surface area contributed by atoms with Crippen molar-refractivity contribution in [3.63, 3.8) is 0 Å². The fourth-order valence-corrected chi connectivity index (χ4v) is 6.27. The minimum Gasteiger partial charge on any atom is -0.394 e. The first kappa shape index (κ1) is 52.2. The molecule has 25 nitrogen and oxygen atoms in total. The van der Waals surface area contributed by atoms with Crippen LogP contribution < -0.4 is 21.9 Å². The van der Waals surface area contributed by atoms with Crippen molar-refractivity contribution in [2.45, 2.75) is 137 Å². The molecular weight excluding hydrogens is 812 g/mol. The summed E-state index contributed by atoms with van der Waals surface area (Å²) in [7, 11) is 0. The van der Waals surface area contributed by atoms with E-state index in [4.69, 9.17) is 43.6 Å². The van der Waals surface area contributed by atoms with Gasteiger partial charge in [-0.25, -0.2) is 5.43 Å². The van der Waals surface area contributed by atoms with Crippen molar-refractivity contribution < 1.29 is 103 Å². The van der Waals surface area contributed by atoms with E-state index in [9.17, 15) is 65.4 Å². The molecule has 0 bridgehead atoms. The average molecular weight is 877 g/mol. The molecule has 3 rings (SSSR count). The number of nitrogens with two attached hydrogens (primary N) is 1. The van der Waals surface area contributed by atoms with Gasteiger partial charge < -0.3 is 100 Å². The molecule has 15 N–H and O–H groups in total. The van der Waals surface area contributed by atoms with Crippen LogP contribution in [0.1, 0.15) is 39.0 Å². The molecule has 0 aromatic carbocycles. The number of hydrogen-bond acceptors (Lipinski definition) is 23. The Morgan fingerprint density at radius 2 is 1.18 bits per heavy atom. The molecule has 350 valence electrons. The molecule has 0 unspecified atom stereocenters. The summed E-state index contributed by atoms with van der Waals surface area (Å²) in [6.45, 7) is -0.165. The molecule has 0 aromatic rings. The summed E-state index contributed by atoms with van der Waals surface area (Å²) >= 11 is 0. The van der Waals surface area contributed by atoms with Crippen molar-refractivity contribution in [1.29, 1.82) is 0 Å². The number of unbranched alkanes of at least 4 members (excludes halogenated alkanes) is 1. The Morgan fingerprint density at radius 3 is 1.77 bits per heavy atom. The summed E-state index contributed by atoms with van der Waals surface area (Å²) in [6, 6.07) is -0.506. The van der Waals surface area contributed by atoms with E-state index in [0.717, 1.165) is 12.8 Å². The Kier molecular flexibility index (Phi) is 23.6. The fourth-order valence-electron chi connectivity index (χ4n) is 6.27. The summed E-state index contributed by atoms with van der Waals surface area (Å²) in [6.07, 6.45) is -23.3. The van der Waals surface area contributed by atoms with Crippen LogP contribution in [0.5, 0.6) is 0 Å². The van der Waals surface area contributed by atoms with Gasteiger partial charge in [-0.15, -0.1) is 0 Å². The molecule has 3 aliphatic rings. The van der Waals surface area contributed by atoms with Gasteiger partial charge in [0, 0.05) is 13.0 Å². The van der Waals surface area contributed by atoms with E-state index in [-0.39, 0.29) is 64.1 Å². The highest BCUT2D eigenvalue weighted by atomic mass is 16.7. The van der Waals surface area contributed by atoms with Crippen LogP contribution in [0, 0.1) is 0 Å². The second kappa shape index (κ2) is 27.1. The second-order valence-corrected chi connectivity index (χ2v) is 14.4. The first-order valence-corrected chi connectivity index (χ1v) is 19.8. The predicted octanol–water partition coefficient (Wildman–Crippen LogP) is -7.91. The number of amides is 2. The molecule has 2 amide bonds. The third-order valence-corrected chi connectivity index (χ3v) is 9.90. The molecule has 3 saturated heterocycles. The number of rotatable bonds is 27. The van der Waals surface area contributed by atoms with Crippen LogP contribution in [0.15, 0.2) is 0 Å². The normalized spacial score (nSPS) is 35.2. The number of aliphatic hydroxyl groups excluding tert-OH is 10. The number of nitrogens with one attached hydrogen (secondary N) is 3. The van der Waals surface area contributed by atoms with Crippen molar-refractivity contribution in [1.82, 2.24) is 16.2 Å². The molecule has 0 saturated carbocycles. The molecule has 0 spiro atoms. The topological polar surface area (TPSA) is 389 Å². The molecule has 25 heteroatoms. The smallest absolute Gasteiger partial charge is 0.236 e. The maximum Gasteiger partial charge on any atom is 0.236 e. The van der Waals surface area contributed by atoms with Gasteiger partial charge in [0.2, 0.25) is 11.8 Å². The predicted molar refractivity (Wildman–Crippen MR) is 198 cm³/mol. The van der Waals surface area contributed by atoms with Crippen molar-refractivity contribution in [3.8, 4) is 0 Å². The molecule has 60 heavy (non-hydrogen) atoms. The molecule has 0 radical (unpaired) electrons. The van der Waals surface area contributed by atoms with E-state index < -0.39 is 124 Å². The number of Topliss-reactive ketones (excluding diaryl/α,β-unsaturated/α-hetero) is 1. The zero-order valence-electron chi connectivity index (χ0n) is 33.4. The third kappa shape index (κ3) is 15.9. The number of ether oxygens (including phenoxy) is 8. The van der Waals surface area contributed by atoms with Gasteiger partial charge in [0.25, 0.3) is 0 Å². The Bertz CT molecular complexity index is 1260. The lowest BCUT2D eigenvalue weighted by atomic mass is 9.96. The van der Waals surface area contributed by atoms with Crippen molar-refractivity contribution in [2.24, 2.45) is 5.73 Å². The highest BCUT2D eigenvalue weighted by Crippen LogP contribution is 2.31. The highest BCUT2D eigenvalue weighted by molar-refractivity contribution is 5.82. The third-order valence-electron chi connectivity index (χ3n) is 9.90. The Hall–Kier alpha value is -2.19. The van der Waals surface area contributed by atoms with Gasteiger partial charge in [-0.1, -0.05) is 6.42 Å². The zero-order valence-corrected chi connectivity index (χ0v) is 33.4. The number of carbonyl (C=O) groups is 3. The van der Waals surface area contributed by atoms with Crippen molar-refractivity contribution in [3.05, 3.63) is 0 Å². The summed E-state index contributed by atoms with van der Waals surface area (Å²) in [5.41, 5.74) is 10.7. The van der Waals surface area contributed by atoms with Crippen molar-refractivity contribution in [2.75, 3.05) is 65.9 Å². The van der Waals surface area contributed by atoms with Gasteiger partial charge in [-0.2, -0.15) is 0 Å². The largest absolute Gasteiger partial charge is 0.394 e. The van der Waals surface area contributed by atoms with E-state index in [1.165, 1.54) is 6.92 Å². The van der Waals surface area contributed by atoms with Crippen molar-refractivity contribution >= 4 is 17.6 Å². The van der Waals surface area contributed by atoms with Crippen LogP contribution in [0.2, 0.25) is 0 Å². The van der Waals surface area contributed by atoms with Crippen LogP contribution in [0.4, 0.5) is 0 Å². The minimum absolute atomic E-state index is 0.0342. The van der Waals surface area contributed by atoms with Crippen LogP contribution in [-0.4, -0.2) is 233 Å². The van der Waals surface area contributed by atoms with Crippen LogP contribution in [0.25, 0.3) is 0 Å². The summed E-state index contributed by atoms with van der Waals surface area (Å²) in [5, 5.41) is 105. The Balaban J connectivity index is 1.43. The quantitative estimate of drug-likeness (QED) is 0.0269. The highest BCUT2D eigenvalue weighted by Gasteiger charge is 2.52. The molecule has 0 aromatic heterocycles. The molecular formula is C35H64N4O21. The minimum atomic E-state index is -1.91. The summed E-state index contributed by atoms with van der Waals surface area (Å²) in [5.74, 6) is -0.884. The lowest BCUT2D eigenvalue weighted by molar-refractivity contribution is -0.366. The number of hydrazine groups is 1. The summed E-state index contributed by atoms with van der Waals surface area (Å²) in [4.78, 5) is 36.1. The monoisotopic (exact) mass is 876 g/mol. The Labute approximate surface area is 345 Å². The lowest BCUT2D eigenvalue weighted by Crippen LogP contribution is -2.65. The number of carbonyl (C=O) groups excluding carboxylic acids is 3. The second-order valence-electron chi connectivity index (χ2n) is 14.4. The lowest BCUT2D eigenvalue weighted by Gasteiger charge is -2.46. The van der Waals surface area contributed by atoms with Gasteiger partial charge in [0.05, 0.1) is 65.3 Å². The van der Waals surface area contributed by atoms with E-state index in [1.807, 2.05) is 0 Å². The SMILES string of the molecule is CC(=O)[C@H](CCCCN)NNC(=O)CCOCCOCCC(=O)NCCO[C@H]1O[C@H](CO[C@H]2O[C@H](CO)[C@@H](O)[C@H](O)[C@@H]2O)[C@@H](O)[C@H](O[C@H]2O[C@H](CO)[C@@H](O)[C@H](O)[C@@H]2O)[C@@H]1O. The van der Waals surface area contributed by atoms with Gasteiger partial charge in [0.15, 0.2) is 18.9 Å². The first-order valence-electron chi connectivity index (χ1n) is 19.8. The van der Waals surface area contributed by atoms with Crippen LogP contribution in [0.3, 0.4) is 0 Å². The van der Waals surface area contributed by atoms with E-state index in [0.29, 0.717) is 13.0 Å². The fraction of sp³-hybridized carbons (Fsp3) is 0.914. The van der Waals surface area contributed by atoms with E-state index in [2.05, 4.69) is 16.2 Å². The molecule has 0 aliphatic carbocycles. The maximum atomic E-state index is 12.4. The average Bonchev–Trinajstić information content (AvgIpc) is 3.22. The Morgan fingerprint density at radius 1 is 0.633 bits per heavy atom. The van der Waals surface area contributed by atoms with Gasteiger partial charge in [-0.05, 0) is 26.3 Å². The van der Waals surface area contributed by atoms with Gasteiger partial charge in [0.1, 0.15) is 79.0 Å². The molecule has 16 atom stereocenters. The number of aliphatic hydroxyl groups is 10. The number of hydrogen-bond donors (Lipinski definition) is 14. The molecule has 3 aliphatic heterocycles. The van der Waals surface area contributed by atoms with Gasteiger partial charge in [-0.3, -0.25) is 19.8 Å². The maximum absolute atomic E-state index is 12.4. The number of ketones is 1. The van der Waals surface area contributed by atoms with E-state index >= 15 is 0 Å². The van der Waals surface area contributed by atoms with Gasteiger partial charge >= 0.3 is 0 Å². The van der Waals surface area contributed by atoms with Crippen LogP contribution >= 0.6 is 0 Å².